The van der Waals surface area contributed by atoms with Gasteiger partial charge in [0.15, 0.2) is 17.0 Å². The Morgan fingerprint density at radius 3 is 3.08 bits per heavy atom. The van der Waals surface area contributed by atoms with Crippen molar-refractivity contribution >= 4 is 51.2 Å². The Bertz CT molecular complexity index is 1000. The molecule has 10 heteroatoms. The van der Waals surface area contributed by atoms with Crippen LogP contribution in [0.1, 0.15) is 12.5 Å². The highest BCUT2D eigenvalue weighted by Gasteiger charge is 2.12. The zero-order valence-corrected chi connectivity index (χ0v) is 14.4. The number of hydrogen-bond donors (Lipinski definition) is 3. The van der Waals surface area contributed by atoms with Crippen molar-refractivity contribution < 1.29 is 14.6 Å². The van der Waals surface area contributed by atoms with Gasteiger partial charge >= 0.3 is 0 Å². The summed E-state index contributed by atoms with van der Waals surface area (Å²) in [5.41, 5.74) is 1.55. The Hall–Kier alpha value is -3.40. The summed E-state index contributed by atoms with van der Waals surface area (Å²) in [5.74, 6) is -0.485. The number of aromatic hydroxyl groups is 1. The number of carbonyl (C=O) groups excluding carboxylic acids is 1. The number of rotatable bonds is 6. The molecule has 9 nitrogen and oxygen atoms in total. The number of carbonyl (C=O) groups is 1. The van der Waals surface area contributed by atoms with E-state index < -0.39 is 0 Å². The highest BCUT2D eigenvalue weighted by atomic mass is 32.1. The number of azo groups is 1. The summed E-state index contributed by atoms with van der Waals surface area (Å²) in [6, 6.07) is 6.70. The third-order valence-electron chi connectivity index (χ3n) is 3.30. The lowest BCUT2D eigenvalue weighted by Crippen LogP contribution is -2.06. The normalized spacial score (nSPS) is 11.0. The molecule has 0 radical (unpaired) electrons. The van der Waals surface area contributed by atoms with Gasteiger partial charge in [0.05, 0.1) is 16.8 Å². The number of nitrogens with one attached hydrogen (secondary N) is 2. The van der Waals surface area contributed by atoms with Crippen LogP contribution in [0.25, 0.3) is 11.0 Å². The zero-order chi connectivity index (χ0) is 18.5. The van der Waals surface area contributed by atoms with Crippen LogP contribution >= 0.6 is 11.5 Å². The van der Waals surface area contributed by atoms with Gasteiger partial charge in [-0.1, -0.05) is 0 Å². The summed E-state index contributed by atoms with van der Waals surface area (Å²) >= 11 is 1.17. The molecular formula is C16H14N6O3S. The Morgan fingerprint density at radius 1 is 1.46 bits per heavy atom. The highest BCUT2D eigenvalue weighted by molar-refractivity contribution is 7.11. The number of pyridine rings is 1. The molecule has 0 saturated carbocycles. The van der Waals surface area contributed by atoms with Crippen LogP contribution in [0.4, 0.5) is 16.4 Å². The van der Waals surface area contributed by atoms with Gasteiger partial charge in [0.1, 0.15) is 12.4 Å². The molecule has 0 aliphatic rings. The van der Waals surface area contributed by atoms with Crippen molar-refractivity contribution in [3.8, 4) is 5.75 Å². The molecular weight excluding hydrogens is 356 g/mol. The smallest absolute Gasteiger partial charge is 0.221 e. The fourth-order valence-corrected chi connectivity index (χ4v) is 2.86. The number of nitrogens with zero attached hydrogens (tertiary/aromatic N) is 4. The molecule has 1 aromatic carbocycles. The minimum Gasteiger partial charge on any atom is -0.505 e. The molecule has 3 rings (SSSR count). The molecule has 0 atom stereocenters. The average molecular weight is 370 g/mol. The number of fused-ring (bicyclic) bond motifs is 1. The maximum Gasteiger partial charge on any atom is 0.221 e. The standard InChI is InChI=1S/C16H14N6O3S/c1-9(23)19-13-6-11(5-10(14(13)24)7-25-8-17)20-21-16-12-3-2-4-18-15(12)22-26-16/h2-6,8,17,24H,7H2,1H3,(H,19,23)/b17-8?,21-20+. The molecule has 2 aromatic heterocycles. The Balaban J connectivity index is 1.97. The molecule has 0 aliphatic carbocycles. The lowest BCUT2D eigenvalue weighted by atomic mass is 10.1. The van der Waals surface area contributed by atoms with Crippen LogP contribution in [-0.4, -0.2) is 26.8 Å². The molecule has 0 spiro atoms. The minimum absolute atomic E-state index is 0.0430. The number of ether oxygens (including phenoxy) is 1. The number of hydrogen-bond acceptors (Lipinski definition) is 9. The number of anilines is 1. The zero-order valence-electron chi connectivity index (χ0n) is 13.6. The molecule has 2 heterocycles. The second-order valence-corrected chi connectivity index (χ2v) is 5.93. The highest BCUT2D eigenvalue weighted by Crippen LogP contribution is 2.35. The molecule has 26 heavy (non-hydrogen) atoms. The fraction of sp³-hybridized carbons (Fsp3) is 0.125. The van der Waals surface area contributed by atoms with Crippen LogP contribution in [0.15, 0.2) is 40.7 Å². The predicted octanol–water partition coefficient (Wildman–Crippen LogP) is 3.89. The van der Waals surface area contributed by atoms with Crippen molar-refractivity contribution in [1.29, 1.82) is 5.41 Å². The molecule has 1 amide bonds. The van der Waals surface area contributed by atoms with E-state index in [1.165, 1.54) is 24.5 Å². The van der Waals surface area contributed by atoms with E-state index in [0.29, 0.717) is 21.9 Å². The number of amides is 1. The van der Waals surface area contributed by atoms with Crippen LogP contribution < -0.4 is 5.32 Å². The fourth-order valence-electron chi connectivity index (χ4n) is 2.21. The van der Waals surface area contributed by atoms with Crippen molar-refractivity contribution in [3.63, 3.8) is 0 Å². The summed E-state index contributed by atoms with van der Waals surface area (Å²) in [5, 5.41) is 29.4. The number of phenols is 1. The monoisotopic (exact) mass is 370 g/mol. The van der Waals surface area contributed by atoms with Crippen molar-refractivity contribution in [1.82, 2.24) is 9.36 Å². The first-order valence-electron chi connectivity index (χ1n) is 7.44. The van der Waals surface area contributed by atoms with Gasteiger partial charge in [-0.05, 0) is 35.8 Å². The summed E-state index contributed by atoms with van der Waals surface area (Å²) in [6.45, 7) is 1.29. The van der Waals surface area contributed by atoms with Gasteiger partial charge in [-0.15, -0.1) is 10.2 Å². The molecule has 3 aromatic rings. The van der Waals surface area contributed by atoms with Gasteiger partial charge in [0.2, 0.25) is 5.91 Å². The first kappa shape index (κ1) is 17.4. The third-order valence-corrected chi connectivity index (χ3v) is 4.04. The quantitative estimate of drug-likeness (QED) is 0.262. The molecule has 0 aliphatic heterocycles. The first-order chi connectivity index (χ1) is 12.6. The van der Waals surface area contributed by atoms with Crippen molar-refractivity contribution in [3.05, 3.63) is 36.0 Å². The lowest BCUT2D eigenvalue weighted by Gasteiger charge is -2.11. The van der Waals surface area contributed by atoms with Gasteiger partial charge in [0.25, 0.3) is 0 Å². The van der Waals surface area contributed by atoms with Gasteiger partial charge in [-0.3, -0.25) is 10.2 Å². The summed E-state index contributed by atoms with van der Waals surface area (Å²) in [4.78, 5) is 15.5. The van der Waals surface area contributed by atoms with Crippen molar-refractivity contribution in [2.24, 2.45) is 10.2 Å². The molecule has 0 saturated heterocycles. The Morgan fingerprint density at radius 2 is 2.31 bits per heavy atom. The summed E-state index contributed by atoms with van der Waals surface area (Å²) in [6.07, 6.45) is 2.42. The Labute approximate surface area is 152 Å². The number of phenolic OH excluding ortho intramolecular Hbond substituents is 1. The van der Waals surface area contributed by atoms with Crippen LogP contribution in [-0.2, 0) is 16.1 Å². The number of aromatic nitrogens is 2. The van der Waals surface area contributed by atoms with E-state index in [2.05, 4.69) is 24.9 Å². The SMILES string of the molecule is CC(=O)Nc1cc(/N=N/c2snc3ncccc23)cc(COC=N)c1O. The summed E-state index contributed by atoms with van der Waals surface area (Å²) < 4.78 is 9.10. The van der Waals surface area contributed by atoms with Crippen LogP contribution in [0.2, 0.25) is 0 Å². The van der Waals surface area contributed by atoms with Crippen LogP contribution in [0.5, 0.6) is 5.75 Å². The van der Waals surface area contributed by atoms with E-state index in [4.69, 9.17) is 10.1 Å². The van der Waals surface area contributed by atoms with Crippen LogP contribution in [0, 0.1) is 5.41 Å². The van der Waals surface area contributed by atoms with Crippen LogP contribution in [0.3, 0.4) is 0 Å². The van der Waals surface area contributed by atoms with Crippen molar-refractivity contribution in [2.75, 3.05) is 5.32 Å². The van der Waals surface area contributed by atoms with Gasteiger partial charge in [-0.2, -0.15) is 4.37 Å². The third kappa shape index (κ3) is 3.81. The predicted molar refractivity (Wildman–Crippen MR) is 97.6 cm³/mol. The van der Waals surface area contributed by atoms with E-state index in [-0.39, 0.29) is 24.0 Å². The van der Waals surface area contributed by atoms with E-state index >= 15 is 0 Å². The second kappa shape index (κ2) is 7.66. The van der Waals surface area contributed by atoms with E-state index in [1.54, 1.807) is 18.3 Å². The van der Waals surface area contributed by atoms with E-state index in [1.807, 2.05) is 6.07 Å². The molecule has 0 unspecified atom stereocenters. The molecule has 132 valence electrons. The Kier molecular flexibility index (Phi) is 5.13. The van der Waals surface area contributed by atoms with Gasteiger partial charge in [0, 0.05) is 18.7 Å². The van der Waals surface area contributed by atoms with E-state index in [0.717, 1.165) is 11.8 Å². The average Bonchev–Trinajstić information content (AvgIpc) is 3.04. The number of benzene rings is 1. The largest absolute Gasteiger partial charge is 0.505 e. The maximum atomic E-state index is 11.3. The second-order valence-electron chi connectivity index (χ2n) is 5.17. The maximum absolute atomic E-state index is 11.3. The molecule has 0 fully saturated rings. The van der Waals surface area contributed by atoms with Gasteiger partial charge < -0.3 is 15.2 Å². The van der Waals surface area contributed by atoms with E-state index in [9.17, 15) is 9.90 Å². The molecule has 0 bridgehead atoms. The minimum atomic E-state index is -0.340. The first-order valence-corrected chi connectivity index (χ1v) is 8.22. The van der Waals surface area contributed by atoms with Crippen molar-refractivity contribution in [2.45, 2.75) is 13.5 Å². The van der Waals surface area contributed by atoms with Gasteiger partial charge in [-0.25, -0.2) is 4.98 Å². The lowest BCUT2D eigenvalue weighted by molar-refractivity contribution is -0.114. The molecule has 3 N–H and O–H groups in total. The topological polar surface area (TPSA) is 133 Å². The summed E-state index contributed by atoms with van der Waals surface area (Å²) in [7, 11) is 0.